The standard InChI is InChI=1S/C12H10N4S2/c1-2-9(17-5-1)12-13-8(6-18-12)11-14-10(15-16-11)7-3-4-7/h1-2,5-7H,3-4H2,(H,14,15,16). The Balaban J connectivity index is 1.67. The number of hydrogen-bond acceptors (Lipinski definition) is 5. The van der Waals surface area contributed by atoms with Crippen LogP contribution in [0.3, 0.4) is 0 Å². The quantitative estimate of drug-likeness (QED) is 0.795. The Bertz CT molecular complexity index is 664. The van der Waals surface area contributed by atoms with Crippen molar-refractivity contribution in [3.05, 3.63) is 28.7 Å². The molecule has 3 aromatic heterocycles. The van der Waals surface area contributed by atoms with E-state index in [0.29, 0.717) is 5.92 Å². The van der Waals surface area contributed by atoms with Crippen molar-refractivity contribution in [1.82, 2.24) is 20.2 Å². The highest BCUT2D eigenvalue weighted by atomic mass is 32.1. The topological polar surface area (TPSA) is 54.5 Å². The summed E-state index contributed by atoms with van der Waals surface area (Å²) in [6, 6.07) is 4.12. The van der Waals surface area contributed by atoms with Crippen LogP contribution in [0.2, 0.25) is 0 Å². The highest BCUT2D eigenvalue weighted by Crippen LogP contribution is 2.38. The number of rotatable bonds is 3. The molecule has 4 rings (SSSR count). The first-order valence-corrected chi connectivity index (χ1v) is 7.58. The first-order chi connectivity index (χ1) is 8.90. The predicted molar refractivity (Wildman–Crippen MR) is 72.8 cm³/mol. The number of aromatic nitrogens is 4. The number of thiazole rings is 1. The van der Waals surface area contributed by atoms with Gasteiger partial charge in [0.2, 0.25) is 5.82 Å². The maximum atomic E-state index is 4.60. The van der Waals surface area contributed by atoms with E-state index in [4.69, 9.17) is 0 Å². The van der Waals surface area contributed by atoms with Crippen molar-refractivity contribution in [1.29, 1.82) is 0 Å². The van der Waals surface area contributed by atoms with E-state index in [1.807, 2.05) is 11.4 Å². The number of H-pyrrole nitrogens is 1. The van der Waals surface area contributed by atoms with E-state index in [9.17, 15) is 0 Å². The molecule has 0 unspecified atom stereocenters. The normalized spacial score (nSPS) is 15.1. The number of thiophene rings is 1. The van der Waals surface area contributed by atoms with Crippen LogP contribution in [0.5, 0.6) is 0 Å². The number of aromatic amines is 1. The van der Waals surface area contributed by atoms with Crippen molar-refractivity contribution >= 4 is 22.7 Å². The summed E-state index contributed by atoms with van der Waals surface area (Å²) in [5.74, 6) is 2.33. The maximum absolute atomic E-state index is 4.60. The lowest BCUT2D eigenvalue weighted by Gasteiger charge is -1.87. The molecule has 0 saturated heterocycles. The Labute approximate surface area is 112 Å². The SMILES string of the molecule is c1csc(-c2nc(-c3n[nH]c(C4CC4)n3)cs2)c1. The fraction of sp³-hybridized carbons (Fsp3) is 0.250. The molecule has 18 heavy (non-hydrogen) atoms. The van der Waals surface area contributed by atoms with Crippen LogP contribution in [0.1, 0.15) is 24.6 Å². The predicted octanol–water partition coefficient (Wildman–Crippen LogP) is 3.53. The molecule has 1 aliphatic carbocycles. The van der Waals surface area contributed by atoms with Gasteiger partial charge in [0.25, 0.3) is 0 Å². The van der Waals surface area contributed by atoms with E-state index in [-0.39, 0.29) is 0 Å². The van der Waals surface area contributed by atoms with Gasteiger partial charge >= 0.3 is 0 Å². The molecule has 0 bridgehead atoms. The van der Waals surface area contributed by atoms with Crippen molar-refractivity contribution in [2.45, 2.75) is 18.8 Å². The molecule has 0 aromatic carbocycles. The summed E-state index contributed by atoms with van der Waals surface area (Å²) in [6.45, 7) is 0. The minimum absolute atomic E-state index is 0.599. The van der Waals surface area contributed by atoms with Crippen LogP contribution in [-0.2, 0) is 0 Å². The average Bonchev–Trinajstić information content (AvgIpc) is 2.91. The molecule has 3 aromatic rings. The van der Waals surface area contributed by atoms with Gasteiger partial charge in [-0.25, -0.2) is 9.97 Å². The third kappa shape index (κ3) is 1.77. The van der Waals surface area contributed by atoms with Crippen LogP contribution in [0, 0.1) is 0 Å². The summed E-state index contributed by atoms with van der Waals surface area (Å²) < 4.78 is 0. The van der Waals surface area contributed by atoms with E-state index in [0.717, 1.165) is 22.4 Å². The van der Waals surface area contributed by atoms with Crippen LogP contribution in [0.4, 0.5) is 0 Å². The molecule has 0 radical (unpaired) electrons. The monoisotopic (exact) mass is 274 g/mol. The lowest BCUT2D eigenvalue weighted by atomic mass is 10.4. The van der Waals surface area contributed by atoms with Crippen molar-refractivity contribution in [2.75, 3.05) is 0 Å². The third-order valence-electron chi connectivity index (χ3n) is 2.93. The fourth-order valence-corrected chi connectivity index (χ4v) is 3.43. The van der Waals surface area contributed by atoms with Crippen LogP contribution in [0.15, 0.2) is 22.9 Å². The van der Waals surface area contributed by atoms with Crippen molar-refractivity contribution in [3.63, 3.8) is 0 Å². The van der Waals surface area contributed by atoms with Crippen LogP contribution in [-0.4, -0.2) is 20.2 Å². The Morgan fingerprint density at radius 3 is 2.94 bits per heavy atom. The van der Waals surface area contributed by atoms with Crippen molar-refractivity contribution in [3.8, 4) is 21.4 Å². The Hall–Kier alpha value is -1.53. The van der Waals surface area contributed by atoms with E-state index in [2.05, 4.69) is 31.6 Å². The van der Waals surface area contributed by atoms with E-state index < -0.39 is 0 Å². The van der Waals surface area contributed by atoms with Gasteiger partial charge < -0.3 is 0 Å². The Morgan fingerprint density at radius 2 is 2.17 bits per heavy atom. The molecule has 1 aliphatic rings. The van der Waals surface area contributed by atoms with Crippen LogP contribution >= 0.6 is 22.7 Å². The molecule has 3 heterocycles. The molecular weight excluding hydrogens is 264 g/mol. The van der Waals surface area contributed by atoms with Gasteiger partial charge in [0.05, 0.1) is 4.88 Å². The minimum atomic E-state index is 0.599. The van der Waals surface area contributed by atoms with Gasteiger partial charge in [-0.3, -0.25) is 5.10 Å². The number of nitrogens with zero attached hydrogens (tertiary/aromatic N) is 3. The second-order valence-electron chi connectivity index (χ2n) is 4.33. The summed E-state index contributed by atoms with van der Waals surface area (Å²) >= 11 is 3.34. The smallest absolute Gasteiger partial charge is 0.200 e. The molecule has 90 valence electrons. The lowest BCUT2D eigenvalue weighted by molar-refractivity contribution is 0.935. The maximum Gasteiger partial charge on any atom is 0.200 e. The minimum Gasteiger partial charge on any atom is -0.262 e. The van der Waals surface area contributed by atoms with Crippen molar-refractivity contribution in [2.24, 2.45) is 0 Å². The lowest BCUT2D eigenvalue weighted by Crippen LogP contribution is -1.82. The zero-order valence-corrected chi connectivity index (χ0v) is 11.1. The average molecular weight is 274 g/mol. The van der Waals surface area contributed by atoms with Gasteiger partial charge in [0.1, 0.15) is 16.5 Å². The molecular formula is C12H10N4S2. The molecule has 6 heteroatoms. The molecule has 1 fully saturated rings. The third-order valence-corrected chi connectivity index (χ3v) is 4.81. The molecule has 0 aliphatic heterocycles. The second kappa shape index (κ2) is 4.00. The zero-order chi connectivity index (χ0) is 11.9. The molecule has 0 spiro atoms. The number of nitrogens with one attached hydrogen (secondary N) is 1. The highest BCUT2D eigenvalue weighted by molar-refractivity contribution is 7.20. The van der Waals surface area contributed by atoms with Crippen LogP contribution < -0.4 is 0 Å². The fourth-order valence-electron chi connectivity index (χ4n) is 1.82. The number of hydrogen-bond donors (Lipinski definition) is 1. The summed E-state index contributed by atoms with van der Waals surface area (Å²) in [6.07, 6.45) is 2.46. The zero-order valence-electron chi connectivity index (χ0n) is 9.46. The highest BCUT2D eigenvalue weighted by Gasteiger charge is 2.27. The molecule has 1 N–H and O–H groups in total. The Kier molecular flexibility index (Phi) is 2.31. The first-order valence-electron chi connectivity index (χ1n) is 5.82. The molecule has 1 saturated carbocycles. The first kappa shape index (κ1) is 10.4. The van der Waals surface area contributed by atoms with E-state index in [1.165, 1.54) is 17.7 Å². The summed E-state index contributed by atoms with van der Waals surface area (Å²) in [5, 5.41) is 12.4. The van der Waals surface area contributed by atoms with Gasteiger partial charge in [-0.2, -0.15) is 5.10 Å². The van der Waals surface area contributed by atoms with Gasteiger partial charge in [-0.1, -0.05) is 6.07 Å². The largest absolute Gasteiger partial charge is 0.262 e. The molecule has 0 atom stereocenters. The van der Waals surface area contributed by atoms with Gasteiger partial charge in [-0.15, -0.1) is 22.7 Å². The molecule has 4 nitrogen and oxygen atoms in total. The van der Waals surface area contributed by atoms with Crippen LogP contribution in [0.25, 0.3) is 21.4 Å². The van der Waals surface area contributed by atoms with Crippen molar-refractivity contribution < 1.29 is 0 Å². The summed E-state index contributed by atoms with van der Waals surface area (Å²) in [5.41, 5.74) is 0.867. The second-order valence-corrected chi connectivity index (χ2v) is 6.14. The van der Waals surface area contributed by atoms with Gasteiger partial charge in [0.15, 0.2) is 0 Å². The van der Waals surface area contributed by atoms with E-state index >= 15 is 0 Å². The summed E-state index contributed by atoms with van der Waals surface area (Å²) in [4.78, 5) is 10.3. The van der Waals surface area contributed by atoms with Gasteiger partial charge in [0, 0.05) is 11.3 Å². The molecule has 0 amide bonds. The Morgan fingerprint density at radius 1 is 1.22 bits per heavy atom. The summed E-state index contributed by atoms with van der Waals surface area (Å²) in [7, 11) is 0. The van der Waals surface area contributed by atoms with Gasteiger partial charge in [-0.05, 0) is 24.3 Å². The van der Waals surface area contributed by atoms with E-state index in [1.54, 1.807) is 22.7 Å².